The first-order valence-corrected chi connectivity index (χ1v) is 13.6. The molecule has 0 spiro atoms. The van der Waals surface area contributed by atoms with Crippen LogP contribution in [0.15, 0.2) is 27.4 Å². The number of thiophene rings is 1. The number of amides is 1. The van der Waals surface area contributed by atoms with E-state index in [2.05, 4.69) is 0 Å². The maximum atomic E-state index is 12.8. The highest BCUT2D eigenvalue weighted by Crippen LogP contribution is 2.43. The Kier molecular flexibility index (Phi) is 9.00. The van der Waals surface area contributed by atoms with Gasteiger partial charge in [-0.3, -0.25) is 9.59 Å². The molecule has 1 fully saturated rings. The third-order valence-electron chi connectivity index (χ3n) is 5.78. The Bertz CT molecular complexity index is 1470. The monoisotopic (exact) mass is 601 g/mol. The molecule has 1 N–H and O–H groups in total. The highest BCUT2D eigenvalue weighted by molar-refractivity contribution is 7.15. The Labute approximate surface area is 235 Å². The molecule has 1 aliphatic rings. The largest absolute Gasteiger partial charge is 0.423 e. The maximum Gasteiger partial charge on any atom is 0.346 e. The highest BCUT2D eigenvalue weighted by Gasteiger charge is 2.32. The van der Waals surface area contributed by atoms with E-state index in [0.717, 1.165) is 22.8 Å². The summed E-state index contributed by atoms with van der Waals surface area (Å²) >= 11 is 20.5. The van der Waals surface area contributed by atoms with Gasteiger partial charge in [0.1, 0.15) is 5.02 Å². The zero-order chi connectivity index (χ0) is 27.6. The van der Waals surface area contributed by atoms with Crippen molar-refractivity contribution in [2.45, 2.75) is 58.1 Å². The van der Waals surface area contributed by atoms with E-state index >= 15 is 0 Å². The topological polar surface area (TPSA) is 123 Å². The van der Waals surface area contributed by atoms with Gasteiger partial charge in [-0.2, -0.15) is 0 Å². The molecule has 0 radical (unpaired) electrons. The van der Waals surface area contributed by atoms with Crippen LogP contribution < -0.4 is 10.4 Å². The number of aryl methyl sites for hydroxylation is 1. The number of hydrogen-bond donors (Lipinski definition) is 1. The van der Waals surface area contributed by atoms with Crippen molar-refractivity contribution in [3.05, 3.63) is 48.6 Å². The first kappa shape index (κ1) is 28.4. The van der Waals surface area contributed by atoms with Gasteiger partial charge in [0.15, 0.2) is 17.6 Å². The molecule has 0 aliphatic carbocycles. The Morgan fingerprint density at radius 2 is 1.92 bits per heavy atom. The molecule has 3 aromatic rings. The van der Waals surface area contributed by atoms with E-state index in [1.807, 2.05) is 6.07 Å². The van der Waals surface area contributed by atoms with Crippen molar-refractivity contribution in [1.82, 2.24) is 5.06 Å². The number of hydroxylamine groups is 2. The summed E-state index contributed by atoms with van der Waals surface area (Å²) in [6.45, 7) is 1.19. The van der Waals surface area contributed by atoms with Crippen molar-refractivity contribution in [2.24, 2.45) is 0 Å². The van der Waals surface area contributed by atoms with E-state index in [-0.39, 0.29) is 51.2 Å². The quantitative estimate of drug-likeness (QED) is 0.139. The van der Waals surface area contributed by atoms with E-state index in [4.69, 9.17) is 48.8 Å². The van der Waals surface area contributed by atoms with Gasteiger partial charge in [0.25, 0.3) is 5.91 Å². The number of hydrogen-bond acceptors (Lipinski definition) is 9. The lowest BCUT2D eigenvalue weighted by atomic mass is 10.1. The van der Waals surface area contributed by atoms with Gasteiger partial charge in [-0.1, -0.05) is 41.2 Å². The van der Waals surface area contributed by atoms with Gasteiger partial charge < -0.3 is 19.1 Å². The van der Waals surface area contributed by atoms with Gasteiger partial charge >= 0.3 is 17.6 Å². The van der Waals surface area contributed by atoms with Crippen LogP contribution in [-0.2, 0) is 25.6 Å². The number of fused-ring (bicyclic) bond motifs is 1. The summed E-state index contributed by atoms with van der Waals surface area (Å²) < 4.78 is 10.5. The number of carbonyl (C=O) groups is 3. The van der Waals surface area contributed by atoms with Crippen molar-refractivity contribution in [2.75, 3.05) is 0 Å². The van der Waals surface area contributed by atoms with Crippen molar-refractivity contribution >= 4 is 75.0 Å². The van der Waals surface area contributed by atoms with Gasteiger partial charge in [-0.25, -0.2) is 9.59 Å². The summed E-state index contributed by atoms with van der Waals surface area (Å²) in [4.78, 5) is 54.3. The van der Waals surface area contributed by atoms with Crippen LogP contribution in [0.3, 0.4) is 0 Å². The van der Waals surface area contributed by atoms with E-state index in [0.29, 0.717) is 23.1 Å². The van der Waals surface area contributed by atoms with E-state index < -0.39 is 29.7 Å². The smallest absolute Gasteiger partial charge is 0.346 e. The Hall–Kier alpha value is -2.63. The molecular formula is C25H22Cl3NO8S. The Morgan fingerprint density at radius 1 is 1.16 bits per heavy atom. The number of halogens is 3. The molecule has 13 heteroatoms. The fourth-order valence-electron chi connectivity index (χ4n) is 3.97. The first-order chi connectivity index (χ1) is 18.1. The van der Waals surface area contributed by atoms with Crippen LogP contribution in [0.1, 0.15) is 50.3 Å². The zero-order valence-electron chi connectivity index (χ0n) is 20.1. The summed E-state index contributed by atoms with van der Waals surface area (Å²) in [5.74, 6) is -1.72. The minimum Gasteiger partial charge on any atom is -0.423 e. The van der Waals surface area contributed by atoms with E-state index in [1.165, 1.54) is 24.3 Å². The molecule has 1 unspecified atom stereocenters. The Morgan fingerprint density at radius 3 is 2.61 bits per heavy atom. The number of aliphatic hydroxyl groups excluding tert-OH is 1. The molecule has 1 aliphatic heterocycles. The summed E-state index contributed by atoms with van der Waals surface area (Å²) in [7, 11) is 0. The fraction of sp³-hybridized carbons (Fsp3) is 0.360. The molecule has 1 atom stereocenters. The number of benzene rings is 1. The number of esters is 1. The zero-order valence-corrected chi connectivity index (χ0v) is 23.1. The van der Waals surface area contributed by atoms with Crippen LogP contribution >= 0.6 is 46.1 Å². The minimum atomic E-state index is -1.08. The number of carbonyl (C=O) groups excluding carboxylic acids is 3. The van der Waals surface area contributed by atoms with Crippen molar-refractivity contribution in [3.63, 3.8) is 0 Å². The molecule has 9 nitrogen and oxygen atoms in total. The van der Waals surface area contributed by atoms with Crippen LogP contribution in [0.4, 0.5) is 0 Å². The van der Waals surface area contributed by atoms with Gasteiger partial charge in [0, 0.05) is 41.3 Å². The Balaban J connectivity index is 1.39. The van der Waals surface area contributed by atoms with Gasteiger partial charge in [0.2, 0.25) is 0 Å². The predicted octanol–water partition coefficient (Wildman–Crippen LogP) is 5.91. The second kappa shape index (κ2) is 12.0. The molecule has 1 aromatic carbocycles. The first-order valence-electron chi connectivity index (χ1n) is 11.7. The van der Waals surface area contributed by atoms with Crippen LogP contribution in [0.2, 0.25) is 15.1 Å². The van der Waals surface area contributed by atoms with Crippen LogP contribution in [-0.4, -0.2) is 34.2 Å². The molecule has 1 amide bonds. The minimum absolute atomic E-state index is 0.0371. The molecule has 4 rings (SSSR count). The van der Waals surface area contributed by atoms with E-state index in [1.54, 1.807) is 6.07 Å². The standard InChI is InChI=1S/C25H22Cl3NO8S/c1-12(30)35-24-15(26)11-14-21(27)20(25(34)36-23(14)22(24)28)16-8-7-13(38-16)5-3-2-4-6-19(33)37-29-17(31)9-10-18(29)32/h7-8,11,17,31H,2-6,9-10H2,1H3. The van der Waals surface area contributed by atoms with Crippen LogP contribution in [0, 0.1) is 0 Å². The molecule has 38 heavy (non-hydrogen) atoms. The number of nitrogens with zero attached hydrogens (tertiary/aromatic N) is 1. The third kappa shape index (κ3) is 6.16. The molecule has 202 valence electrons. The van der Waals surface area contributed by atoms with Crippen molar-refractivity contribution in [1.29, 1.82) is 0 Å². The summed E-state index contributed by atoms with van der Waals surface area (Å²) in [6.07, 6.45) is 2.24. The lowest BCUT2D eigenvalue weighted by Gasteiger charge is -2.18. The van der Waals surface area contributed by atoms with Gasteiger partial charge in [-0.15, -0.1) is 16.4 Å². The number of aliphatic hydroxyl groups is 1. The van der Waals surface area contributed by atoms with Crippen LogP contribution in [0.5, 0.6) is 5.75 Å². The second-order valence-corrected chi connectivity index (χ2v) is 10.9. The average molecular weight is 603 g/mol. The number of unbranched alkanes of at least 4 members (excludes halogenated alkanes) is 2. The molecule has 3 heterocycles. The predicted molar refractivity (Wildman–Crippen MR) is 142 cm³/mol. The SMILES string of the molecule is CC(=O)Oc1c(Cl)cc2c(Cl)c(-c3ccc(CCCCCC(=O)ON4C(=O)CCC4O)s3)c(=O)oc2c1Cl. The summed E-state index contributed by atoms with van der Waals surface area (Å²) in [5.41, 5.74) is -0.567. The summed E-state index contributed by atoms with van der Waals surface area (Å²) in [6, 6.07) is 5.09. The number of ether oxygens (including phenoxy) is 1. The maximum absolute atomic E-state index is 12.8. The van der Waals surface area contributed by atoms with Gasteiger partial charge in [-0.05, 0) is 37.5 Å². The average Bonchev–Trinajstić information content (AvgIpc) is 3.44. The fourth-order valence-corrected chi connectivity index (χ4v) is 6.00. The molecule has 0 bridgehead atoms. The number of rotatable bonds is 9. The van der Waals surface area contributed by atoms with Crippen molar-refractivity contribution in [3.8, 4) is 16.2 Å². The lowest BCUT2D eigenvalue weighted by Crippen LogP contribution is -2.35. The normalized spacial score (nSPS) is 15.3. The molecule has 0 saturated carbocycles. The third-order valence-corrected chi connectivity index (χ3v) is 7.96. The molecular weight excluding hydrogens is 581 g/mol. The van der Waals surface area contributed by atoms with Crippen molar-refractivity contribution < 1.29 is 33.5 Å². The highest BCUT2D eigenvalue weighted by atomic mass is 35.5. The molecule has 1 saturated heterocycles. The van der Waals surface area contributed by atoms with Crippen LogP contribution in [0.25, 0.3) is 21.4 Å². The summed E-state index contributed by atoms with van der Waals surface area (Å²) in [5, 5.41) is 10.7. The van der Waals surface area contributed by atoms with E-state index in [9.17, 15) is 24.3 Å². The van der Waals surface area contributed by atoms with Gasteiger partial charge in [0.05, 0.1) is 15.6 Å². The second-order valence-electron chi connectivity index (χ2n) is 8.58. The molecule has 2 aromatic heterocycles. The lowest BCUT2D eigenvalue weighted by molar-refractivity contribution is -0.220.